The average molecular weight is 477 g/mol. The molecule has 1 atom stereocenters. The zero-order chi connectivity index (χ0) is 24.7. The molecule has 0 spiro atoms. The highest BCUT2D eigenvalue weighted by molar-refractivity contribution is 5.98. The van der Waals surface area contributed by atoms with Crippen molar-refractivity contribution in [2.24, 2.45) is 0 Å². The molecule has 0 saturated carbocycles. The fraction of sp³-hybridized carbons (Fsp3) is 0.120. The molecule has 0 radical (unpaired) electrons. The van der Waals surface area contributed by atoms with Crippen LogP contribution >= 0.6 is 0 Å². The summed E-state index contributed by atoms with van der Waals surface area (Å²) in [6, 6.07) is 18.3. The second-order valence-corrected chi connectivity index (χ2v) is 8.05. The summed E-state index contributed by atoms with van der Waals surface area (Å²) in [6.45, 7) is 1.86. The minimum Gasteiger partial charge on any atom is -0.346 e. The van der Waals surface area contributed by atoms with Gasteiger partial charge in [-0.25, -0.2) is 9.73 Å². The van der Waals surface area contributed by atoms with E-state index in [9.17, 15) is 22.8 Å². The van der Waals surface area contributed by atoms with E-state index in [1.165, 1.54) is 34.8 Å². The van der Waals surface area contributed by atoms with Crippen LogP contribution in [-0.4, -0.2) is 25.7 Å². The molecule has 2 N–H and O–H groups in total. The Hall–Kier alpha value is -4.47. The summed E-state index contributed by atoms with van der Waals surface area (Å²) in [7, 11) is 0. The zero-order valence-corrected chi connectivity index (χ0v) is 18.3. The van der Waals surface area contributed by atoms with Crippen LogP contribution in [0.25, 0.3) is 27.8 Å². The highest BCUT2D eigenvalue weighted by Crippen LogP contribution is 2.32. The first-order valence-electron chi connectivity index (χ1n) is 10.7. The largest absolute Gasteiger partial charge is 0.416 e. The maximum atomic E-state index is 13.2. The number of halogens is 3. The van der Waals surface area contributed by atoms with Gasteiger partial charge in [-0.15, -0.1) is 0 Å². The number of carbonyl (C=O) groups excluding carboxylic acids is 1. The number of hydrogen-bond donors (Lipinski definition) is 2. The van der Waals surface area contributed by atoms with Gasteiger partial charge < -0.3 is 5.32 Å². The summed E-state index contributed by atoms with van der Waals surface area (Å²) in [5.41, 5.74) is 0.421. The third kappa shape index (κ3) is 4.14. The predicted octanol–water partition coefficient (Wildman–Crippen LogP) is 4.75. The molecule has 0 aliphatic rings. The number of benzene rings is 3. The van der Waals surface area contributed by atoms with E-state index >= 15 is 0 Å². The van der Waals surface area contributed by atoms with Crippen molar-refractivity contribution in [3.8, 4) is 11.3 Å². The van der Waals surface area contributed by atoms with E-state index in [0.717, 1.165) is 17.7 Å². The van der Waals surface area contributed by atoms with Gasteiger partial charge in [0, 0.05) is 11.1 Å². The maximum Gasteiger partial charge on any atom is 0.416 e. The summed E-state index contributed by atoms with van der Waals surface area (Å²) < 4.78 is 40.9. The Morgan fingerprint density at radius 1 is 1.03 bits per heavy atom. The lowest BCUT2D eigenvalue weighted by Gasteiger charge is -2.14. The quantitative estimate of drug-likeness (QED) is 0.391. The number of amides is 1. The smallest absolute Gasteiger partial charge is 0.346 e. The third-order valence-corrected chi connectivity index (χ3v) is 5.73. The van der Waals surface area contributed by atoms with Crippen molar-refractivity contribution in [1.29, 1.82) is 0 Å². The van der Waals surface area contributed by atoms with E-state index in [-0.39, 0.29) is 34.2 Å². The van der Waals surface area contributed by atoms with Gasteiger partial charge in [-0.1, -0.05) is 42.5 Å². The van der Waals surface area contributed by atoms with Crippen LogP contribution in [0.1, 0.15) is 34.5 Å². The Morgan fingerprint density at radius 2 is 1.80 bits per heavy atom. The van der Waals surface area contributed by atoms with Crippen molar-refractivity contribution in [3.05, 3.63) is 99.8 Å². The number of hydrogen-bond acceptors (Lipinski definition) is 4. The molecule has 0 fully saturated rings. The lowest BCUT2D eigenvalue weighted by Crippen LogP contribution is -2.26. The Labute approximate surface area is 196 Å². The van der Waals surface area contributed by atoms with Crippen LogP contribution in [0.5, 0.6) is 0 Å². The van der Waals surface area contributed by atoms with Crippen molar-refractivity contribution in [1.82, 2.24) is 25.1 Å². The van der Waals surface area contributed by atoms with Gasteiger partial charge in [-0.3, -0.25) is 9.59 Å². The molecule has 10 heteroatoms. The van der Waals surface area contributed by atoms with E-state index in [2.05, 4.69) is 20.6 Å². The molecule has 1 amide bonds. The molecule has 0 aliphatic heterocycles. The van der Waals surface area contributed by atoms with E-state index in [1.54, 1.807) is 0 Å². The van der Waals surface area contributed by atoms with Crippen molar-refractivity contribution in [3.63, 3.8) is 0 Å². The topological polar surface area (TPSA) is 92.2 Å². The highest BCUT2D eigenvalue weighted by Gasteiger charge is 2.31. The molecule has 0 aliphatic carbocycles. The van der Waals surface area contributed by atoms with Crippen LogP contribution in [0.3, 0.4) is 0 Å². The SMILES string of the molecule is C[C@@H](NC(=O)c1ccc2c(=O)nc3c(-c4cccc(C(F)(F)F)c4)n[nH]n3c2c1)c1ccccc1. The van der Waals surface area contributed by atoms with Crippen molar-refractivity contribution >= 4 is 22.5 Å². The van der Waals surface area contributed by atoms with Crippen LogP contribution in [0.15, 0.2) is 77.6 Å². The minimum absolute atomic E-state index is 0.0528. The molecule has 5 aromatic rings. The first-order valence-corrected chi connectivity index (χ1v) is 10.7. The standard InChI is InChI=1S/C25H18F3N5O2/c1-14(15-6-3-2-4-7-15)29-23(34)17-10-11-19-20(13-17)33-22(30-24(19)35)21(31-32-33)16-8-5-9-18(12-16)25(26,27)28/h2-14,32H,1H3,(H,29,34)/t14-/m1/s1. The highest BCUT2D eigenvalue weighted by atomic mass is 19.4. The van der Waals surface area contributed by atoms with Crippen LogP contribution < -0.4 is 10.9 Å². The lowest BCUT2D eigenvalue weighted by molar-refractivity contribution is -0.137. The number of alkyl halides is 3. The second kappa shape index (κ2) is 8.39. The van der Waals surface area contributed by atoms with E-state index < -0.39 is 17.3 Å². The first kappa shape index (κ1) is 22.3. The van der Waals surface area contributed by atoms with E-state index in [0.29, 0.717) is 11.1 Å². The molecule has 176 valence electrons. The molecule has 2 heterocycles. The van der Waals surface area contributed by atoms with Crippen LogP contribution in [0.2, 0.25) is 0 Å². The fourth-order valence-corrected chi connectivity index (χ4v) is 3.91. The van der Waals surface area contributed by atoms with Gasteiger partial charge in [0.25, 0.3) is 11.5 Å². The van der Waals surface area contributed by atoms with Crippen molar-refractivity contribution in [2.75, 3.05) is 0 Å². The molecule has 3 aromatic carbocycles. The molecule has 7 nitrogen and oxygen atoms in total. The van der Waals surface area contributed by atoms with Crippen molar-refractivity contribution in [2.45, 2.75) is 19.1 Å². The second-order valence-electron chi connectivity index (χ2n) is 8.05. The number of rotatable bonds is 4. The third-order valence-electron chi connectivity index (χ3n) is 5.73. The minimum atomic E-state index is -4.53. The molecule has 2 aromatic heterocycles. The number of aromatic nitrogens is 4. The number of fused-ring (bicyclic) bond motifs is 3. The first-order chi connectivity index (χ1) is 16.7. The van der Waals surface area contributed by atoms with Gasteiger partial charge in [-0.2, -0.15) is 23.3 Å². The molecule has 5 rings (SSSR count). The van der Waals surface area contributed by atoms with Gasteiger partial charge in [0.2, 0.25) is 0 Å². The Kier molecular flexibility index (Phi) is 5.35. The van der Waals surface area contributed by atoms with Gasteiger partial charge in [0.15, 0.2) is 5.65 Å². The Bertz CT molecular complexity index is 1620. The normalized spacial score (nSPS) is 12.7. The van der Waals surface area contributed by atoms with E-state index in [4.69, 9.17) is 0 Å². The summed E-state index contributed by atoms with van der Waals surface area (Å²) in [4.78, 5) is 29.6. The van der Waals surface area contributed by atoms with Gasteiger partial charge >= 0.3 is 6.18 Å². The maximum absolute atomic E-state index is 13.2. The number of nitrogens with one attached hydrogen (secondary N) is 2. The van der Waals surface area contributed by atoms with Gasteiger partial charge in [0.1, 0.15) is 5.69 Å². The predicted molar refractivity (Wildman–Crippen MR) is 124 cm³/mol. The van der Waals surface area contributed by atoms with Crippen LogP contribution in [-0.2, 0) is 6.18 Å². The Morgan fingerprint density at radius 3 is 2.54 bits per heavy atom. The number of carbonyl (C=O) groups is 1. The van der Waals surface area contributed by atoms with E-state index in [1.807, 2.05) is 37.3 Å². The number of nitrogens with zero attached hydrogens (tertiary/aromatic N) is 3. The lowest BCUT2D eigenvalue weighted by atomic mass is 10.1. The summed E-state index contributed by atoms with van der Waals surface area (Å²) in [6.07, 6.45) is -4.53. The summed E-state index contributed by atoms with van der Waals surface area (Å²) in [5.74, 6) is -0.348. The molecule has 35 heavy (non-hydrogen) atoms. The summed E-state index contributed by atoms with van der Waals surface area (Å²) >= 11 is 0. The molecule has 0 unspecified atom stereocenters. The van der Waals surface area contributed by atoms with Crippen LogP contribution in [0, 0.1) is 0 Å². The van der Waals surface area contributed by atoms with Gasteiger partial charge in [0.05, 0.1) is 22.5 Å². The van der Waals surface area contributed by atoms with Crippen LogP contribution in [0.4, 0.5) is 13.2 Å². The summed E-state index contributed by atoms with van der Waals surface area (Å²) in [5, 5.41) is 9.96. The average Bonchev–Trinajstić information content (AvgIpc) is 3.28. The monoisotopic (exact) mass is 477 g/mol. The Balaban J connectivity index is 1.57. The number of aromatic amines is 1. The molecular formula is C25H18F3N5O2. The number of H-pyrrole nitrogens is 1. The molecular weight excluding hydrogens is 459 g/mol. The van der Waals surface area contributed by atoms with Crippen molar-refractivity contribution < 1.29 is 18.0 Å². The zero-order valence-electron chi connectivity index (χ0n) is 18.3. The molecule has 0 bridgehead atoms. The fourth-order valence-electron chi connectivity index (χ4n) is 3.91. The van der Waals surface area contributed by atoms with Gasteiger partial charge in [-0.05, 0) is 42.8 Å². The molecule has 0 saturated heterocycles.